The molecule has 0 amide bonds. The molecule has 0 spiro atoms. The molecular weight excluding hydrogens is 266 g/mol. The van der Waals surface area contributed by atoms with Crippen LogP contribution in [0, 0.1) is 18.8 Å². The van der Waals surface area contributed by atoms with Gasteiger partial charge < -0.3 is 15.2 Å². The van der Waals surface area contributed by atoms with Gasteiger partial charge >= 0.3 is 0 Å². The largest absolute Gasteiger partial charge is 0.478 e. The molecule has 2 atom stereocenters. The van der Waals surface area contributed by atoms with E-state index in [-0.39, 0.29) is 6.61 Å². The molecule has 1 aromatic heterocycles. The molecule has 1 aromatic rings. The van der Waals surface area contributed by atoms with Crippen molar-refractivity contribution in [2.75, 3.05) is 25.1 Å². The monoisotopic (exact) mass is 293 g/mol. The highest BCUT2D eigenvalue weighted by Crippen LogP contribution is 2.29. The molecule has 0 saturated heterocycles. The van der Waals surface area contributed by atoms with Crippen molar-refractivity contribution in [1.29, 1.82) is 0 Å². The Bertz CT molecular complexity index is 440. The fourth-order valence-electron chi connectivity index (χ4n) is 2.92. The average Bonchev–Trinajstić information content (AvgIpc) is 2.50. The van der Waals surface area contributed by atoms with Gasteiger partial charge in [0, 0.05) is 24.9 Å². The second-order valence-corrected chi connectivity index (χ2v) is 5.89. The van der Waals surface area contributed by atoms with E-state index in [1.165, 1.54) is 19.3 Å². The number of hydrogen-bond donors (Lipinski definition) is 2. The molecule has 5 heteroatoms. The molecular formula is C16H27N3O2. The number of aliphatic hydroxyl groups excluding tert-OH is 1. The van der Waals surface area contributed by atoms with Gasteiger partial charge in [0.15, 0.2) is 0 Å². The Morgan fingerprint density at radius 1 is 1.29 bits per heavy atom. The molecule has 1 aliphatic rings. The van der Waals surface area contributed by atoms with Crippen molar-refractivity contribution in [2.45, 2.75) is 46.0 Å². The van der Waals surface area contributed by atoms with E-state index in [4.69, 9.17) is 4.74 Å². The summed E-state index contributed by atoms with van der Waals surface area (Å²) in [4.78, 5) is 8.81. The zero-order valence-electron chi connectivity index (χ0n) is 13.1. The number of aryl methyl sites for hydroxylation is 1. The van der Waals surface area contributed by atoms with Gasteiger partial charge in [-0.15, -0.1) is 0 Å². The van der Waals surface area contributed by atoms with Crippen LogP contribution < -0.4 is 10.1 Å². The summed E-state index contributed by atoms with van der Waals surface area (Å²) in [6.07, 6.45) is 5.75. The summed E-state index contributed by atoms with van der Waals surface area (Å²) in [5.74, 6) is 2.18. The number of ether oxygens (including phenoxy) is 1. The Morgan fingerprint density at radius 2 is 2.05 bits per heavy atom. The van der Waals surface area contributed by atoms with E-state index in [1.807, 2.05) is 13.0 Å². The van der Waals surface area contributed by atoms with E-state index >= 15 is 0 Å². The number of nitrogens with one attached hydrogen (secondary N) is 1. The normalized spacial score (nSPS) is 22.0. The van der Waals surface area contributed by atoms with Crippen LogP contribution in [0.25, 0.3) is 0 Å². The minimum absolute atomic E-state index is 0.284. The van der Waals surface area contributed by atoms with Gasteiger partial charge in [-0.3, -0.25) is 0 Å². The SMILES string of the molecule is CCCOc1cc(C)nc(NCC2CCCCC2CO)n1. The van der Waals surface area contributed by atoms with E-state index in [0.717, 1.165) is 25.1 Å². The summed E-state index contributed by atoms with van der Waals surface area (Å²) < 4.78 is 5.58. The Kier molecular flexibility index (Phi) is 6.23. The maximum Gasteiger partial charge on any atom is 0.226 e. The van der Waals surface area contributed by atoms with Gasteiger partial charge in [-0.25, -0.2) is 4.98 Å². The number of aromatic nitrogens is 2. The van der Waals surface area contributed by atoms with E-state index in [2.05, 4.69) is 22.2 Å². The molecule has 1 saturated carbocycles. The predicted octanol–water partition coefficient (Wildman–Crippen LogP) is 2.78. The van der Waals surface area contributed by atoms with Gasteiger partial charge in [0.2, 0.25) is 11.8 Å². The van der Waals surface area contributed by atoms with Gasteiger partial charge in [-0.1, -0.05) is 19.8 Å². The standard InChI is InChI=1S/C16H27N3O2/c1-3-8-21-15-9-12(2)18-16(19-15)17-10-13-6-4-5-7-14(13)11-20/h9,13-14,20H,3-8,10-11H2,1-2H3,(H,17,18,19). The van der Waals surface area contributed by atoms with E-state index in [1.54, 1.807) is 0 Å². The third-order valence-electron chi connectivity index (χ3n) is 4.11. The van der Waals surface area contributed by atoms with Crippen molar-refractivity contribution in [1.82, 2.24) is 9.97 Å². The molecule has 1 heterocycles. The lowest BCUT2D eigenvalue weighted by Crippen LogP contribution is -2.29. The third kappa shape index (κ3) is 4.84. The first-order valence-electron chi connectivity index (χ1n) is 8.06. The molecule has 0 bridgehead atoms. The molecule has 5 nitrogen and oxygen atoms in total. The summed E-state index contributed by atoms with van der Waals surface area (Å²) >= 11 is 0. The van der Waals surface area contributed by atoms with E-state index < -0.39 is 0 Å². The molecule has 118 valence electrons. The summed E-state index contributed by atoms with van der Waals surface area (Å²) in [5, 5.41) is 12.8. The molecule has 0 radical (unpaired) electrons. The van der Waals surface area contributed by atoms with Crippen molar-refractivity contribution in [2.24, 2.45) is 11.8 Å². The van der Waals surface area contributed by atoms with Gasteiger partial charge in [0.25, 0.3) is 0 Å². The number of anilines is 1. The first-order valence-corrected chi connectivity index (χ1v) is 8.06. The van der Waals surface area contributed by atoms with Crippen molar-refractivity contribution in [3.05, 3.63) is 11.8 Å². The van der Waals surface area contributed by atoms with Gasteiger partial charge in [0.05, 0.1) is 6.61 Å². The third-order valence-corrected chi connectivity index (χ3v) is 4.11. The highest BCUT2D eigenvalue weighted by molar-refractivity contribution is 5.30. The van der Waals surface area contributed by atoms with Crippen molar-refractivity contribution >= 4 is 5.95 Å². The van der Waals surface area contributed by atoms with Gasteiger partial charge in [-0.2, -0.15) is 4.98 Å². The van der Waals surface area contributed by atoms with Crippen LogP contribution in [-0.2, 0) is 0 Å². The Labute approximate surface area is 127 Å². The smallest absolute Gasteiger partial charge is 0.226 e. The van der Waals surface area contributed by atoms with Gasteiger partial charge in [-0.05, 0) is 38.0 Å². The second-order valence-electron chi connectivity index (χ2n) is 5.89. The Morgan fingerprint density at radius 3 is 2.76 bits per heavy atom. The van der Waals surface area contributed by atoms with Crippen molar-refractivity contribution < 1.29 is 9.84 Å². The molecule has 2 unspecified atom stereocenters. The molecule has 2 rings (SSSR count). The molecule has 1 fully saturated rings. The lowest BCUT2D eigenvalue weighted by atomic mass is 9.80. The molecule has 0 aromatic carbocycles. The maximum atomic E-state index is 9.46. The quantitative estimate of drug-likeness (QED) is 0.809. The van der Waals surface area contributed by atoms with Crippen LogP contribution in [0.15, 0.2) is 6.07 Å². The molecule has 0 aliphatic heterocycles. The fourth-order valence-corrected chi connectivity index (χ4v) is 2.92. The molecule has 1 aliphatic carbocycles. The Balaban J connectivity index is 1.93. The van der Waals surface area contributed by atoms with Crippen molar-refractivity contribution in [3.63, 3.8) is 0 Å². The van der Waals surface area contributed by atoms with E-state index in [0.29, 0.717) is 30.3 Å². The first-order chi connectivity index (χ1) is 10.2. The molecule has 2 N–H and O–H groups in total. The number of nitrogens with zero attached hydrogens (tertiary/aromatic N) is 2. The number of hydrogen-bond acceptors (Lipinski definition) is 5. The average molecular weight is 293 g/mol. The lowest BCUT2D eigenvalue weighted by molar-refractivity contribution is 0.141. The molecule has 21 heavy (non-hydrogen) atoms. The summed E-state index contributed by atoms with van der Waals surface area (Å²) in [5.41, 5.74) is 0.904. The highest BCUT2D eigenvalue weighted by atomic mass is 16.5. The maximum absolute atomic E-state index is 9.46. The number of aliphatic hydroxyl groups is 1. The zero-order chi connectivity index (χ0) is 15.1. The topological polar surface area (TPSA) is 67.3 Å². The van der Waals surface area contributed by atoms with Crippen molar-refractivity contribution in [3.8, 4) is 5.88 Å². The van der Waals surface area contributed by atoms with Crippen LogP contribution in [0.1, 0.15) is 44.7 Å². The van der Waals surface area contributed by atoms with Gasteiger partial charge in [0.1, 0.15) is 0 Å². The summed E-state index contributed by atoms with van der Waals surface area (Å²) in [6.45, 7) is 5.80. The van der Waals surface area contributed by atoms with Crippen LogP contribution in [0.3, 0.4) is 0 Å². The Hall–Kier alpha value is -1.36. The first kappa shape index (κ1) is 16.0. The second kappa shape index (κ2) is 8.17. The lowest BCUT2D eigenvalue weighted by Gasteiger charge is -2.30. The summed E-state index contributed by atoms with van der Waals surface area (Å²) in [7, 11) is 0. The summed E-state index contributed by atoms with van der Waals surface area (Å²) in [6, 6.07) is 1.86. The zero-order valence-corrected chi connectivity index (χ0v) is 13.1. The van der Waals surface area contributed by atoms with Crippen LogP contribution in [0.2, 0.25) is 0 Å². The number of rotatable bonds is 7. The van der Waals surface area contributed by atoms with Crippen LogP contribution in [0.5, 0.6) is 5.88 Å². The van der Waals surface area contributed by atoms with Crippen LogP contribution >= 0.6 is 0 Å². The van der Waals surface area contributed by atoms with Crippen LogP contribution in [-0.4, -0.2) is 34.8 Å². The highest BCUT2D eigenvalue weighted by Gasteiger charge is 2.24. The predicted molar refractivity (Wildman–Crippen MR) is 83.6 cm³/mol. The fraction of sp³-hybridized carbons (Fsp3) is 0.750. The van der Waals surface area contributed by atoms with Crippen LogP contribution in [0.4, 0.5) is 5.95 Å². The van der Waals surface area contributed by atoms with E-state index in [9.17, 15) is 5.11 Å². The minimum Gasteiger partial charge on any atom is -0.478 e. The minimum atomic E-state index is 0.284.